The summed E-state index contributed by atoms with van der Waals surface area (Å²) in [5.41, 5.74) is 2.61. The number of hydrogen-bond donors (Lipinski definition) is 4. The number of aromatic amines is 3. The third-order valence-electron chi connectivity index (χ3n) is 3.15. The van der Waals surface area contributed by atoms with Crippen LogP contribution >= 0.6 is 0 Å². The molecule has 3 aromatic rings. The number of fused-ring (bicyclic) bond motifs is 1. The molecule has 102 valence electrons. The van der Waals surface area contributed by atoms with E-state index in [1.165, 1.54) is 12.4 Å². The van der Waals surface area contributed by atoms with Crippen LogP contribution in [0.25, 0.3) is 11.0 Å². The number of hydrogen-bond acceptors (Lipinski definition) is 3. The number of nitrogens with one attached hydrogen (secondary N) is 4. The molecule has 1 unspecified atom stereocenters. The highest BCUT2D eigenvalue weighted by molar-refractivity contribution is 5.93. The fourth-order valence-corrected chi connectivity index (χ4v) is 2.06. The van der Waals surface area contributed by atoms with Gasteiger partial charge in [0.2, 0.25) is 0 Å². The number of imidazole rings is 1. The third kappa shape index (κ3) is 2.20. The summed E-state index contributed by atoms with van der Waals surface area (Å²) < 4.78 is 0. The first-order chi connectivity index (χ1) is 9.63. The maximum Gasteiger partial charge on any atom is 0.323 e. The van der Waals surface area contributed by atoms with Gasteiger partial charge in [0, 0.05) is 6.20 Å². The summed E-state index contributed by atoms with van der Waals surface area (Å²) in [6.07, 6.45) is 3.00. The average molecular weight is 271 g/mol. The lowest BCUT2D eigenvalue weighted by atomic mass is 10.1. The fraction of sp³-hybridized carbons (Fsp3) is 0.154. The standard InChI is InChI=1S/C13H13N5O2/c1-7(16-12(19)9-5-14-15-6-9)8-2-3-10-11(4-8)18-13(20)17-10/h2-7H,1H3,(H,14,15)(H,16,19)(H2,17,18,20). The fourth-order valence-electron chi connectivity index (χ4n) is 2.06. The van der Waals surface area contributed by atoms with Gasteiger partial charge in [-0.05, 0) is 24.6 Å². The summed E-state index contributed by atoms with van der Waals surface area (Å²) in [4.78, 5) is 28.5. The SMILES string of the molecule is CC(NC(=O)c1cn[nH]c1)c1ccc2[nH]c(=O)[nH]c2c1. The Morgan fingerprint density at radius 1 is 1.30 bits per heavy atom. The van der Waals surface area contributed by atoms with Gasteiger partial charge in [0.15, 0.2) is 0 Å². The Labute approximate surface area is 113 Å². The first-order valence-corrected chi connectivity index (χ1v) is 6.15. The molecule has 2 heterocycles. The van der Waals surface area contributed by atoms with E-state index < -0.39 is 0 Å². The van der Waals surface area contributed by atoms with Gasteiger partial charge in [-0.25, -0.2) is 4.79 Å². The predicted molar refractivity (Wildman–Crippen MR) is 73.4 cm³/mol. The molecule has 0 fully saturated rings. The van der Waals surface area contributed by atoms with Crippen LogP contribution in [-0.2, 0) is 0 Å². The second-order valence-electron chi connectivity index (χ2n) is 4.57. The van der Waals surface area contributed by atoms with E-state index in [1.807, 2.05) is 25.1 Å². The van der Waals surface area contributed by atoms with Crippen molar-refractivity contribution in [3.8, 4) is 0 Å². The summed E-state index contributed by atoms with van der Waals surface area (Å²) >= 11 is 0. The van der Waals surface area contributed by atoms with Gasteiger partial charge in [0.1, 0.15) is 0 Å². The second-order valence-corrected chi connectivity index (χ2v) is 4.57. The summed E-state index contributed by atoms with van der Waals surface area (Å²) in [6, 6.07) is 5.34. The lowest BCUT2D eigenvalue weighted by molar-refractivity contribution is 0.0940. The lowest BCUT2D eigenvalue weighted by Gasteiger charge is -2.13. The highest BCUT2D eigenvalue weighted by Gasteiger charge is 2.13. The molecule has 0 aliphatic rings. The Hall–Kier alpha value is -2.83. The molecule has 7 nitrogen and oxygen atoms in total. The molecule has 4 N–H and O–H groups in total. The monoisotopic (exact) mass is 271 g/mol. The van der Waals surface area contributed by atoms with E-state index in [-0.39, 0.29) is 17.6 Å². The van der Waals surface area contributed by atoms with E-state index in [4.69, 9.17) is 0 Å². The number of aromatic nitrogens is 4. The molecule has 3 rings (SSSR count). The summed E-state index contributed by atoms with van der Waals surface area (Å²) in [6.45, 7) is 1.88. The zero-order valence-corrected chi connectivity index (χ0v) is 10.7. The van der Waals surface area contributed by atoms with E-state index in [9.17, 15) is 9.59 Å². The number of rotatable bonds is 3. The van der Waals surface area contributed by atoms with Crippen LogP contribution in [0.4, 0.5) is 0 Å². The molecule has 20 heavy (non-hydrogen) atoms. The van der Waals surface area contributed by atoms with E-state index in [0.29, 0.717) is 5.56 Å². The highest BCUT2D eigenvalue weighted by atomic mass is 16.2. The van der Waals surface area contributed by atoms with Gasteiger partial charge in [0.05, 0.1) is 28.8 Å². The van der Waals surface area contributed by atoms with Gasteiger partial charge in [-0.3, -0.25) is 9.89 Å². The van der Waals surface area contributed by atoms with Crippen LogP contribution in [0.2, 0.25) is 0 Å². The molecule has 1 aromatic carbocycles. The quantitative estimate of drug-likeness (QED) is 0.572. The Bertz CT molecular complexity index is 800. The van der Waals surface area contributed by atoms with Gasteiger partial charge in [0.25, 0.3) is 5.91 Å². The first-order valence-electron chi connectivity index (χ1n) is 6.15. The minimum atomic E-state index is -0.243. The van der Waals surface area contributed by atoms with Crippen molar-refractivity contribution in [2.45, 2.75) is 13.0 Å². The Morgan fingerprint density at radius 3 is 2.85 bits per heavy atom. The summed E-state index contributed by atoms with van der Waals surface area (Å²) in [5, 5.41) is 9.20. The molecule has 1 amide bonds. The molecule has 2 aromatic heterocycles. The first kappa shape index (κ1) is 12.2. The van der Waals surface area contributed by atoms with Crippen molar-refractivity contribution in [2.75, 3.05) is 0 Å². The molecule has 0 saturated heterocycles. The maximum absolute atomic E-state index is 11.9. The maximum atomic E-state index is 11.9. The minimum absolute atomic E-state index is 0.180. The largest absolute Gasteiger partial charge is 0.345 e. The van der Waals surface area contributed by atoms with E-state index in [2.05, 4.69) is 25.5 Å². The minimum Gasteiger partial charge on any atom is -0.345 e. The molecule has 0 spiro atoms. The Balaban J connectivity index is 1.83. The number of amides is 1. The van der Waals surface area contributed by atoms with Crippen LogP contribution in [0.5, 0.6) is 0 Å². The highest BCUT2D eigenvalue weighted by Crippen LogP contribution is 2.17. The zero-order valence-electron chi connectivity index (χ0n) is 10.7. The lowest BCUT2D eigenvalue weighted by Crippen LogP contribution is -2.26. The van der Waals surface area contributed by atoms with Crippen molar-refractivity contribution in [1.82, 2.24) is 25.5 Å². The van der Waals surface area contributed by atoms with Gasteiger partial charge in [-0.2, -0.15) is 5.10 Å². The molecule has 0 bridgehead atoms. The van der Waals surface area contributed by atoms with Crippen molar-refractivity contribution in [3.63, 3.8) is 0 Å². The van der Waals surface area contributed by atoms with Crippen molar-refractivity contribution < 1.29 is 4.79 Å². The van der Waals surface area contributed by atoms with Crippen molar-refractivity contribution >= 4 is 16.9 Å². The molecular formula is C13H13N5O2. The summed E-state index contributed by atoms with van der Waals surface area (Å²) in [5.74, 6) is -0.200. The number of benzene rings is 1. The second kappa shape index (κ2) is 4.69. The smallest absolute Gasteiger partial charge is 0.323 e. The average Bonchev–Trinajstić information content (AvgIpc) is 3.05. The van der Waals surface area contributed by atoms with Crippen LogP contribution in [0.1, 0.15) is 28.9 Å². The van der Waals surface area contributed by atoms with E-state index in [0.717, 1.165) is 16.6 Å². The Morgan fingerprint density at radius 2 is 2.10 bits per heavy atom. The van der Waals surface area contributed by atoms with Crippen molar-refractivity contribution in [3.05, 3.63) is 52.2 Å². The van der Waals surface area contributed by atoms with Crippen LogP contribution in [0.15, 0.2) is 35.4 Å². The van der Waals surface area contributed by atoms with Gasteiger partial charge in [-0.15, -0.1) is 0 Å². The number of H-pyrrole nitrogens is 3. The molecule has 0 saturated carbocycles. The molecular weight excluding hydrogens is 258 g/mol. The van der Waals surface area contributed by atoms with Crippen LogP contribution in [-0.4, -0.2) is 26.1 Å². The zero-order chi connectivity index (χ0) is 14.1. The Kier molecular flexibility index (Phi) is 2.86. The topological polar surface area (TPSA) is 106 Å². The van der Waals surface area contributed by atoms with Crippen LogP contribution in [0.3, 0.4) is 0 Å². The van der Waals surface area contributed by atoms with Gasteiger partial charge in [-0.1, -0.05) is 6.07 Å². The summed E-state index contributed by atoms with van der Waals surface area (Å²) in [7, 11) is 0. The normalized spacial score (nSPS) is 12.4. The third-order valence-corrected chi connectivity index (χ3v) is 3.15. The number of nitrogens with zero attached hydrogens (tertiary/aromatic N) is 1. The molecule has 0 radical (unpaired) electrons. The molecule has 0 aliphatic carbocycles. The number of carbonyl (C=O) groups is 1. The van der Waals surface area contributed by atoms with Gasteiger partial charge < -0.3 is 15.3 Å². The van der Waals surface area contributed by atoms with Crippen molar-refractivity contribution in [1.29, 1.82) is 0 Å². The molecule has 7 heteroatoms. The molecule has 0 aliphatic heterocycles. The van der Waals surface area contributed by atoms with Gasteiger partial charge >= 0.3 is 5.69 Å². The predicted octanol–water partition coefficient (Wildman–Crippen LogP) is 1.07. The van der Waals surface area contributed by atoms with Crippen LogP contribution < -0.4 is 11.0 Å². The van der Waals surface area contributed by atoms with E-state index in [1.54, 1.807) is 0 Å². The van der Waals surface area contributed by atoms with Crippen molar-refractivity contribution in [2.24, 2.45) is 0 Å². The molecule has 1 atom stereocenters. The van der Waals surface area contributed by atoms with Crippen LogP contribution in [0, 0.1) is 0 Å². The number of carbonyl (C=O) groups excluding carboxylic acids is 1. The van der Waals surface area contributed by atoms with E-state index >= 15 is 0 Å².